The van der Waals surface area contributed by atoms with Crippen LogP contribution in [0.1, 0.15) is 10.4 Å². The molecule has 1 aromatic heterocycles. The predicted octanol–water partition coefficient (Wildman–Crippen LogP) is 1.08. The van der Waals surface area contributed by atoms with Gasteiger partial charge in [-0.3, -0.25) is 9.47 Å². The molecule has 6 nitrogen and oxygen atoms in total. The Morgan fingerprint density at radius 3 is 2.76 bits per heavy atom. The molecule has 2 aromatic rings. The molecule has 2 heterocycles. The second-order valence-corrected chi connectivity index (χ2v) is 6.27. The van der Waals surface area contributed by atoms with Crippen molar-refractivity contribution in [2.24, 2.45) is 0 Å². The maximum absolute atomic E-state index is 12.1. The van der Waals surface area contributed by atoms with Crippen LogP contribution in [0.3, 0.4) is 0 Å². The van der Waals surface area contributed by atoms with E-state index in [0.29, 0.717) is 17.6 Å². The first-order chi connectivity index (χ1) is 10.2. The lowest BCUT2D eigenvalue weighted by Gasteiger charge is -2.26. The molecule has 7 heteroatoms. The monoisotopic (exact) mass is 307 g/mol. The average molecular weight is 307 g/mol. The molecule has 3 rings (SSSR count). The number of nitrogens with one attached hydrogen (secondary N) is 1. The third kappa shape index (κ3) is 2.84. The molecule has 0 unspecified atom stereocenters. The highest BCUT2D eigenvalue weighted by Crippen LogP contribution is 2.16. The average Bonchev–Trinajstić information content (AvgIpc) is 2.81. The number of H-pyrrole nitrogens is 1. The molecule has 0 radical (unpaired) electrons. The number of carboxylic acids is 1. The van der Waals surface area contributed by atoms with E-state index in [9.17, 15) is 14.7 Å². The molecule has 0 atom stereocenters. The fourth-order valence-corrected chi connectivity index (χ4v) is 3.63. The number of imidazole rings is 1. The summed E-state index contributed by atoms with van der Waals surface area (Å²) in [5.41, 5.74) is 0.957. The highest BCUT2D eigenvalue weighted by Gasteiger charge is 2.15. The third-order valence-corrected chi connectivity index (χ3v) is 4.73. The summed E-state index contributed by atoms with van der Waals surface area (Å²) in [6.07, 6.45) is 0. The Bertz CT molecular complexity index is 716. The number of hydrogen-bond acceptors (Lipinski definition) is 4. The van der Waals surface area contributed by atoms with Crippen LogP contribution in [0.15, 0.2) is 23.0 Å². The number of aromatic nitrogens is 2. The lowest BCUT2D eigenvalue weighted by atomic mass is 10.2. The molecule has 1 fully saturated rings. The molecule has 0 spiro atoms. The van der Waals surface area contributed by atoms with Crippen LogP contribution in [0.4, 0.5) is 0 Å². The van der Waals surface area contributed by atoms with Crippen LogP contribution in [-0.2, 0) is 6.54 Å². The maximum atomic E-state index is 12.1. The molecule has 0 amide bonds. The SMILES string of the molecule is O=C(O)c1cccc2c1[nH]c(=O)n2CCN1CCSCC1. The van der Waals surface area contributed by atoms with Gasteiger partial charge in [0.1, 0.15) is 0 Å². The Morgan fingerprint density at radius 2 is 2.05 bits per heavy atom. The van der Waals surface area contributed by atoms with E-state index in [2.05, 4.69) is 9.88 Å². The molecular weight excluding hydrogens is 290 g/mol. The number of rotatable bonds is 4. The van der Waals surface area contributed by atoms with Crippen LogP contribution in [0, 0.1) is 0 Å². The maximum Gasteiger partial charge on any atom is 0.337 e. The Morgan fingerprint density at radius 1 is 1.29 bits per heavy atom. The van der Waals surface area contributed by atoms with Crippen LogP contribution in [0.25, 0.3) is 11.0 Å². The number of carboxylic acid groups (broad SMARTS) is 1. The number of carbonyl (C=O) groups is 1. The second-order valence-electron chi connectivity index (χ2n) is 5.04. The first kappa shape index (κ1) is 14.2. The van der Waals surface area contributed by atoms with E-state index in [4.69, 9.17) is 0 Å². The summed E-state index contributed by atoms with van der Waals surface area (Å²) in [6.45, 7) is 3.47. The minimum absolute atomic E-state index is 0.137. The zero-order valence-corrected chi connectivity index (χ0v) is 12.4. The van der Waals surface area contributed by atoms with Crippen molar-refractivity contribution in [1.29, 1.82) is 0 Å². The van der Waals surface area contributed by atoms with Crippen molar-refractivity contribution >= 4 is 28.8 Å². The van der Waals surface area contributed by atoms with Crippen molar-refractivity contribution in [2.45, 2.75) is 6.54 Å². The van der Waals surface area contributed by atoms with Crippen LogP contribution < -0.4 is 5.69 Å². The number of thioether (sulfide) groups is 1. The van der Waals surface area contributed by atoms with E-state index in [0.717, 1.165) is 31.1 Å². The Kier molecular flexibility index (Phi) is 4.03. The van der Waals surface area contributed by atoms with Gasteiger partial charge in [-0.2, -0.15) is 11.8 Å². The first-order valence-electron chi connectivity index (χ1n) is 6.92. The van der Waals surface area contributed by atoms with Gasteiger partial charge in [-0.05, 0) is 12.1 Å². The van der Waals surface area contributed by atoms with E-state index in [1.165, 1.54) is 6.07 Å². The van der Waals surface area contributed by atoms with Gasteiger partial charge in [-0.15, -0.1) is 0 Å². The number of aromatic carboxylic acids is 1. The summed E-state index contributed by atoms with van der Waals surface area (Å²) in [7, 11) is 0. The second kappa shape index (κ2) is 5.95. The molecular formula is C14H17N3O3S. The molecule has 0 aliphatic carbocycles. The number of fused-ring (bicyclic) bond motifs is 1. The van der Waals surface area contributed by atoms with Gasteiger partial charge in [-0.1, -0.05) is 6.07 Å². The van der Waals surface area contributed by atoms with Crippen molar-refractivity contribution in [3.05, 3.63) is 34.2 Å². The number of hydrogen-bond donors (Lipinski definition) is 2. The van der Waals surface area contributed by atoms with Crippen molar-refractivity contribution < 1.29 is 9.90 Å². The van der Waals surface area contributed by atoms with Crippen molar-refractivity contribution in [2.75, 3.05) is 31.1 Å². The van der Waals surface area contributed by atoms with E-state index >= 15 is 0 Å². The van der Waals surface area contributed by atoms with Gasteiger partial charge in [0.05, 0.1) is 16.6 Å². The number of benzene rings is 1. The zero-order chi connectivity index (χ0) is 14.8. The molecule has 1 aliphatic rings. The van der Waals surface area contributed by atoms with Crippen LogP contribution >= 0.6 is 11.8 Å². The van der Waals surface area contributed by atoms with Gasteiger partial charge in [0, 0.05) is 37.7 Å². The van der Waals surface area contributed by atoms with E-state index in [-0.39, 0.29) is 11.3 Å². The van der Waals surface area contributed by atoms with Gasteiger partial charge in [0.2, 0.25) is 0 Å². The van der Waals surface area contributed by atoms with Crippen LogP contribution in [-0.4, -0.2) is 56.7 Å². The molecule has 1 saturated heterocycles. The number of para-hydroxylation sites is 1. The van der Waals surface area contributed by atoms with Gasteiger partial charge in [-0.25, -0.2) is 9.59 Å². The summed E-state index contributed by atoms with van der Waals surface area (Å²) >= 11 is 1.95. The molecule has 21 heavy (non-hydrogen) atoms. The molecule has 0 bridgehead atoms. The van der Waals surface area contributed by atoms with Crippen molar-refractivity contribution in [3.8, 4) is 0 Å². The van der Waals surface area contributed by atoms with Crippen LogP contribution in [0.2, 0.25) is 0 Å². The highest BCUT2D eigenvalue weighted by molar-refractivity contribution is 7.99. The van der Waals surface area contributed by atoms with Crippen LogP contribution in [0.5, 0.6) is 0 Å². The normalized spacial score (nSPS) is 16.4. The quantitative estimate of drug-likeness (QED) is 0.883. The largest absolute Gasteiger partial charge is 0.478 e. The summed E-state index contributed by atoms with van der Waals surface area (Å²) < 4.78 is 1.63. The molecule has 0 saturated carbocycles. The Balaban J connectivity index is 1.88. The lowest BCUT2D eigenvalue weighted by molar-refractivity contribution is 0.0699. The third-order valence-electron chi connectivity index (χ3n) is 3.78. The fourth-order valence-electron chi connectivity index (χ4n) is 2.65. The minimum atomic E-state index is -1.03. The van der Waals surface area contributed by atoms with Gasteiger partial charge >= 0.3 is 11.7 Å². The topological polar surface area (TPSA) is 78.3 Å². The first-order valence-corrected chi connectivity index (χ1v) is 8.07. The fraction of sp³-hybridized carbons (Fsp3) is 0.429. The predicted molar refractivity (Wildman–Crippen MR) is 83.3 cm³/mol. The molecule has 2 N–H and O–H groups in total. The summed E-state index contributed by atoms with van der Waals surface area (Å²) in [4.78, 5) is 28.3. The Labute approximate surface area is 125 Å². The zero-order valence-electron chi connectivity index (χ0n) is 11.5. The Hall–Kier alpha value is -1.73. The summed E-state index contributed by atoms with van der Waals surface area (Å²) in [6, 6.07) is 4.96. The smallest absolute Gasteiger partial charge is 0.337 e. The van der Waals surface area contributed by atoms with Crippen molar-refractivity contribution in [3.63, 3.8) is 0 Å². The number of nitrogens with zero attached hydrogens (tertiary/aromatic N) is 2. The van der Waals surface area contributed by atoms with Gasteiger partial charge in [0.25, 0.3) is 0 Å². The molecule has 112 valence electrons. The molecule has 1 aliphatic heterocycles. The van der Waals surface area contributed by atoms with E-state index in [1.807, 2.05) is 11.8 Å². The van der Waals surface area contributed by atoms with E-state index < -0.39 is 5.97 Å². The number of aromatic amines is 1. The van der Waals surface area contributed by atoms with Gasteiger partial charge < -0.3 is 10.1 Å². The van der Waals surface area contributed by atoms with Crippen molar-refractivity contribution in [1.82, 2.24) is 14.5 Å². The van der Waals surface area contributed by atoms with E-state index in [1.54, 1.807) is 16.7 Å². The van der Waals surface area contributed by atoms with Gasteiger partial charge in [0.15, 0.2) is 0 Å². The standard InChI is InChI=1S/C14H17N3O3S/c18-13(19)10-2-1-3-11-12(10)15-14(20)17(11)5-4-16-6-8-21-9-7-16/h1-3H,4-9H2,(H,15,20)(H,18,19). The minimum Gasteiger partial charge on any atom is -0.478 e. The highest BCUT2D eigenvalue weighted by atomic mass is 32.2. The lowest BCUT2D eigenvalue weighted by Crippen LogP contribution is -2.36. The summed E-state index contributed by atoms with van der Waals surface area (Å²) in [5, 5.41) is 9.17. The summed E-state index contributed by atoms with van der Waals surface area (Å²) in [5.74, 6) is 1.24. The molecule has 1 aromatic carbocycles.